The van der Waals surface area contributed by atoms with Crippen LogP contribution in [0.5, 0.6) is 0 Å². The van der Waals surface area contributed by atoms with Gasteiger partial charge in [0.2, 0.25) is 0 Å². The first-order valence-corrected chi connectivity index (χ1v) is 12.3. The summed E-state index contributed by atoms with van der Waals surface area (Å²) in [5, 5.41) is 7.03. The summed E-state index contributed by atoms with van der Waals surface area (Å²) in [5.74, 6) is -0.272. The van der Waals surface area contributed by atoms with Crippen molar-refractivity contribution < 1.29 is 9.18 Å². The van der Waals surface area contributed by atoms with Crippen LogP contribution < -0.4 is 4.90 Å². The molecule has 5 rings (SSSR count). The number of nitrogens with zero attached hydrogens (tertiary/aromatic N) is 4. The normalized spacial score (nSPS) is 18.6. The Hall–Kier alpha value is -3.22. The number of halogens is 2. The van der Waals surface area contributed by atoms with E-state index in [4.69, 9.17) is 16.7 Å². The Morgan fingerprint density at radius 1 is 0.971 bits per heavy atom. The number of benzene rings is 3. The minimum absolute atomic E-state index is 0.0589. The number of hydrazone groups is 1. The fourth-order valence-corrected chi connectivity index (χ4v) is 5.03. The highest BCUT2D eigenvalue weighted by Gasteiger charge is 2.35. The molecule has 180 valence electrons. The van der Waals surface area contributed by atoms with Gasteiger partial charge in [-0.25, -0.2) is 9.40 Å². The van der Waals surface area contributed by atoms with E-state index in [0.717, 1.165) is 16.8 Å². The first-order chi connectivity index (χ1) is 17.0. The molecule has 1 saturated heterocycles. The molecular weight excluding hydrogens is 463 g/mol. The topological polar surface area (TPSA) is 39.2 Å². The molecule has 0 spiro atoms. The largest absolute Gasteiger partial charge is 0.367 e. The van der Waals surface area contributed by atoms with Crippen molar-refractivity contribution in [2.75, 3.05) is 37.6 Å². The highest BCUT2D eigenvalue weighted by molar-refractivity contribution is 6.31. The van der Waals surface area contributed by atoms with Crippen LogP contribution in [0.15, 0.2) is 77.9 Å². The Labute approximate surface area is 210 Å². The first kappa shape index (κ1) is 23.5. The average molecular weight is 491 g/mol. The summed E-state index contributed by atoms with van der Waals surface area (Å²) in [4.78, 5) is 17.7. The minimum atomic E-state index is -0.243. The average Bonchev–Trinajstić information content (AvgIpc) is 3.31. The van der Waals surface area contributed by atoms with Gasteiger partial charge in [-0.1, -0.05) is 71.8 Å². The number of anilines is 1. The second-order valence-corrected chi connectivity index (χ2v) is 9.51. The van der Waals surface area contributed by atoms with Crippen LogP contribution in [0, 0.1) is 12.7 Å². The highest BCUT2D eigenvalue weighted by Crippen LogP contribution is 2.36. The number of amides is 1. The molecule has 0 aliphatic carbocycles. The lowest BCUT2D eigenvalue weighted by atomic mass is 9.98. The quantitative estimate of drug-likeness (QED) is 0.488. The van der Waals surface area contributed by atoms with Crippen LogP contribution in [0.3, 0.4) is 0 Å². The highest BCUT2D eigenvalue weighted by atomic mass is 35.5. The number of carbonyl (C=O) groups excluding carboxylic acids is 1. The van der Waals surface area contributed by atoms with Crippen molar-refractivity contribution in [3.8, 4) is 0 Å². The van der Waals surface area contributed by atoms with Crippen molar-refractivity contribution in [1.82, 2.24) is 9.91 Å². The van der Waals surface area contributed by atoms with Crippen molar-refractivity contribution >= 4 is 28.9 Å². The Morgan fingerprint density at radius 2 is 1.66 bits per heavy atom. The molecule has 0 radical (unpaired) electrons. The van der Waals surface area contributed by atoms with Gasteiger partial charge >= 0.3 is 0 Å². The molecule has 0 aromatic heterocycles. The molecule has 1 amide bonds. The molecule has 3 aromatic carbocycles. The maximum absolute atomic E-state index is 14.2. The Morgan fingerprint density at radius 3 is 2.37 bits per heavy atom. The summed E-state index contributed by atoms with van der Waals surface area (Å²) >= 11 is 6.53. The Kier molecular flexibility index (Phi) is 6.84. The summed E-state index contributed by atoms with van der Waals surface area (Å²) in [7, 11) is 0. The van der Waals surface area contributed by atoms with Crippen molar-refractivity contribution in [3.63, 3.8) is 0 Å². The van der Waals surface area contributed by atoms with E-state index in [2.05, 4.69) is 24.0 Å². The summed E-state index contributed by atoms with van der Waals surface area (Å²) < 4.78 is 14.2. The molecule has 1 atom stereocenters. The van der Waals surface area contributed by atoms with E-state index in [0.29, 0.717) is 43.3 Å². The summed E-state index contributed by atoms with van der Waals surface area (Å²) in [6, 6.07) is 22.5. The molecule has 7 heteroatoms. The van der Waals surface area contributed by atoms with Gasteiger partial charge in [0.25, 0.3) is 5.91 Å². The minimum Gasteiger partial charge on any atom is -0.367 e. The van der Waals surface area contributed by atoms with E-state index in [-0.39, 0.29) is 24.3 Å². The molecule has 2 aliphatic heterocycles. The zero-order chi connectivity index (χ0) is 24.4. The van der Waals surface area contributed by atoms with Gasteiger partial charge in [-0.3, -0.25) is 9.69 Å². The number of hydrogen-bond donors (Lipinski definition) is 0. The third kappa shape index (κ3) is 5.09. The van der Waals surface area contributed by atoms with Crippen LogP contribution in [0.2, 0.25) is 5.02 Å². The van der Waals surface area contributed by atoms with Gasteiger partial charge < -0.3 is 4.90 Å². The van der Waals surface area contributed by atoms with Gasteiger partial charge in [-0.05, 0) is 36.2 Å². The van der Waals surface area contributed by atoms with Crippen LogP contribution in [0.4, 0.5) is 10.1 Å². The lowest BCUT2D eigenvalue weighted by molar-refractivity contribution is -0.134. The monoisotopic (exact) mass is 490 g/mol. The Bertz CT molecular complexity index is 1240. The van der Waals surface area contributed by atoms with Gasteiger partial charge in [0.1, 0.15) is 5.82 Å². The van der Waals surface area contributed by atoms with E-state index in [1.807, 2.05) is 47.4 Å². The van der Waals surface area contributed by atoms with E-state index in [1.165, 1.54) is 11.6 Å². The van der Waals surface area contributed by atoms with Crippen molar-refractivity contribution in [2.24, 2.45) is 5.10 Å². The third-order valence-corrected chi connectivity index (χ3v) is 7.08. The number of aryl methyl sites for hydroxylation is 1. The molecule has 2 aliphatic rings. The molecule has 5 nitrogen and oxygen atoms in total. The third-order valence-electron chi connectivity index (χ3n) is 6.74. The van der Waals surface area contributed by atoms with Gasteiger partial charge in [0.05, 0.1) is 24.0 Å². The van der Waals surface area contributed by atoms with Gasteiger partial charge in [0, 0.05) is 37.6 Å². The van der Waals surface area contributed by atoms with Crippen LogP contribution in [0.1, 0.15) is 29.2 Å². The molecule has 2 heterocycles. The van der Waals surface area contributed by atoms with Crippen LogP contribution in [-0.4, -0.2) is 54.3 Å². The van der Waals surface area contributed by atoms with E-state index >= 15 is 0 Å². The van der Waals surface area contributed by atoms with Gasteiger partial charge in [-0.2, -0.15) is 5.10 Å². The van der Waals surface area contributed by atoms with Crippen molar-refractivity contribution in [1.29, 1.82) is 0 Å². The number of rotatable bonds is 5. The van der Waals surface area contributed by atoms with Crippen LogP contribution >= 0.6 is 11.6 Å². The predicted molar refractivity (Wildman–Crippen MR) is 138 cm³/mol. The SMILES string of the molecule is Cc1ccc(C2=NN(C(=O)CN3CCN(c4ccccc4F)CC3)C(c3ccccc3Cl)C2)cc1. The van der Waals surface area contributed by atoms with E-state index in [9.17, 15) is 9.18 Å². The molecule has 1 fully saturated rings. The van der Waals surface area contributed by atoms with Crippen LogP contribution in [0.25, 0.3) is 0 Å². The number of piperazine rings is 1. The lowest BCUT2D eigenvalue weighted by Crippen LogP contribution is -2.49. The molecule has 0 N–H and O–H groups in total. The van der Waals surface area contributed by atoms with Crippen molar-refractivity contribution in [3.05, 3.63) is 100 Å². The standard InChI is InChI=1S/C28H28ClFN4O/c1-20-10-12-21(13-11-20)25-18-27(22-6-2-3-7-23(22)29)34(31-25)28(35)19-32-14-16-33(17-15-32)26-9-5-4-8-24(26)30/h2-13,27H,14-19H2,1H3. The maximum Gasteiger partial charge on any atom is 0.257 e. The summed E-state index contributed by atoms with van der Waals surface area (Å²) in [5.41, 5.74) is 4.59. The predicted octanol–water partition coefficient (Wildman–Crippen LogP) is 5.29. The molecule has 35 heavy (non-hydrogen) atoms. The zero-order valence-electron chi connectivity index (χ0n) is 19.7. The number of hydrogen-bond acceptors (Lipinski definition) is 4. The fraction of sp³-hybridized carbons (Fsp3) is 0.286. The molecule has 0 bridgehead atoms. The first-order valence-electron chi connectivity index (χ1n) is 11.9. The summed E-state index contributed by atoms with van der Waals surface area (Å²) in [6.45, 7) is 5.00. The molecule has 1 unspecified atom stereocenters. The second kappa shape index (κ2) is 10.2. The number of para-hydroxylation sites is 1. The van der Waals surface area contributed by atoms with E-state index < -0.39 is 0 Å². The zero-order valence-corrected chi connectivity index (χ0v) is 20.5. The number of carbonyl (C=O) groups is 1. The smallest absolute Gasteiger partial charge is 0.257 e. The van der Waals surface area contributed by atoms with Crippen molar-refractivity contribution in [2.45, 2.75) is 19.4 Å². The van der Waals surface area contributed by atoms with Gasteiger partial charge in [-0.15, -0.1) is 0 Å². The van der Waals surface area contributed by atoms with Crippen LogP contribution in [-0.2, 0) is 4.79 Å². The molecule has 3 aromatic rings. The Balaban J connectivity index is 1.32. The molecular formula is C28H28ClFN4O. The summed E-state index contributed by atoms with van der Waals surface area (Å²) in [6.07, 6.45) is 0.611. The molecule has 0 saturated carbocycles. The lowest BCUT2D eigenvalue weighted by Gasteiger charge is -2.36. The second-order valence-electron chi connectivity index (χ2n) is 9.11. The van der Waals surface area contributed by atoms with E-state index in [1.54, 1.807) is 17.1 Å². The van der Waals surface area contributed by atoms with Gasteiger partial charge in [0.15, 0.2) is 0 Å². The maximum atomic E-state index is 14.2. The fourth-order valence-electron chi connectivity index (χ4n) is 4.77.